The molecule has 0 aromatic heterocycles. The summed E-state index contributed by atoms with van der Waals surface area (Å²) in [4.78, 5) is 11.5. The van der Waals surface area contributed by atoms with E-state index in [0.717, 1.165) is 28.3 Å². The van der Waals surface area contributed by atoms with Gasteiger partial charge in [0, 0.05) is 16.6 Å². The number of hydrogen-bond acceptors (Lipinski definition) is 2. The van der Waals surface area contributed by atoms with E-state index in [1.54, 1.807) is 6.07 Å². The fourth-order valence-electron chi connectivity index (χ4n) is 4.08. The molecule has 2 aromatic rings. The van der Waals surface area contributed by atoms with E-state index in [4.69, 9.17) is 11.6 Å². The number of benzene rings is 2. The maximum atomic E-state index is 11.5. The lowest BCUT2D eigenvalue weighted by Gasteiger charge is -2.38. The second kappa shape index (κ2) is 5.67. The van der Waals surface area contributed by atoms with Crippen LogP contribution in [0, 0.1) is 12.8 Å². The van der Waals surface area contributed by atoms with Gasteiger partial charge in [-0.1, -0.05) is 42.0 Å². The summed E-state index contributed by atoms with van der Waals surface area (Å²) >= 11 is 6.18. The van der Waals surface area contributed by atoms with Crippen LogP contribution in [0.15, 0.2) is 48.6 Å². The highest BCUT2D eigenvalue weighted by Gasteiger charge is 2.38. The summed E-state index contributed by atoms with van der Waals surface area (Å²) in [5.41, 5.74) is 4.44. The molecule has 122 valence electrons. The first-order valence-electron chi connectivity index (χ1n) is 8.11. The molecule has 1 aliphatic heterocycles. The Morgan fingerprint density at radius 3 is 2.88 bits per heavy atom. The Kier molecular flexibility index (Phi) is 3.61. The maximum Gasteiger partial charge on any atom is 0.336 e. The fraction of sp³-hybridized carbons (Fsp3) is 0.250. The molecule has 0 unspecified atom stereocenters. The van der Waals surface area contributed by atoms with E-state index in [1.807, 2.05) is 31.2 Å². The Morgan fingerprint density at radius 1 is 1.29 bits per heavy atom. The molecule has 0 spiro atoms. The number of nitrogens with one attached hydrogen (secondary N) is 1. The number of aromatic carboxylic acids is 1. The molecule has 2 aromatic carbocycles. The Balaban J connectivity index is 1.85. The summed E-state index contributed by atoms with van der Waals surface area (Å²) in [6, 6.07) is 11.7. The van der Waals surface area contributed by atoms with Crippen molar-refractivity contribution >= 4 is 23.3 Å². The molecule has 24 heavy (non-hydrogen) atoms. The quantitative estimate of drug-likeness (QED) is 0.742. The van der Waals surface area contributed by atoms with Crippen LogP contribution < -0.4 is 5.32 Å². The minimum atomic E-state index is -0.888. The molecule has 3 nitrogen and oxygen atoms in total. The van der Waals surface area contributed by atoms with Gasteiger partial charge in [0.25, 0.3) is 0 Å². The number of carbonyl (C=O) groups is 1. The SMILES string of the molecule is Cc1c(C(=O)O)ccc2c1N[C@H](c1cccc(Cl)c1)[C@H]1CC=C[C@@H]21. The number of hydrogen-bond donors (Lipinski definition) is 2. The van der Waals surface area contributed by atoms with Crippen LogP contribution in [0.2, 0.25) is 5.02 Å². The van der Waals surface area contributed by atoms with Gasteiger partial charge in [-0.2, -0.15) is 0 Å². The third kappa shape index (κ3) is 2.31. The smallest absolute Gasteiger partial charge is 0.336 e. The minimum absolute atomic E-state index is 0.124. The van der Waals surface area contributed by atoms with Gasteiger partial charge >= 0.3 is 5.97 Å². The third-order valence-electron chi connectivity index (χ3n) is 5.24. The standard InChI is InChI=1S/C20H18ClNO2/c1-11-14(20(23)24)8-9-17-15-6-3-7-16(15)19(22-18(11)17)12-4-2-5-13(21)10-12/h2-6,8-10,15-16,19,22H,7H2,1H3,(H,23,24)/t15-,16+,19-/m1/s1. The summed E-state index contributed by atoms with van der Waals surface area (Å²) in [6.45, 7) is 1.88. The molecule has 0 saturated carbocycles. The fourth-order valence-corrected chi connectivity index (χ4v) is 4.27. The van der Waals surface area contributed by atoms with Crippen LogP contribution in [-0.4, -0.2) is 11.1 Å². The molecule has 2 aliphatic rings. The van der Waals surface area contributed by atoms with Crippen LogP contribution >= 0.6 is 11.6 Å². The van der Waals surface area contributed by atoms with Gasteiger partial charge in [0.1, 0.15) is 0 Å². The first kappa shape index (κ1) is 15.3. The molecule has 1 aliphatic carbocycles. The lowest BCUT2D eigenvalue weighted by Crippen LogP contribution is -2.30. The Morgan fingerprint density at radius 2 is 2.12 bits per heavy atom. The molecule has 2 N–H and O–H groups in total. The number of rotatable bonds is 2. The minimum Gasteiger partial charge on any atom is -0.478 e. The molecule has 4 heteroatoms. The van der Waals surface area contributed by atoms with E-state index >= 15 is 0 Å². The predicted molar refractivity (Wildman–Crippen MR) is 95.9 cm³/mol. The molecule has 4 rings (SSSR count). The molecule has 0 bridgehead atoms. The summed E-state index contributed by atoms with van der Waals surface area (Å²) in [5, 5.41) is 13.7. The lowest BCUT2D eigenvalue weighted by atomic mass is 9.76. The van der Waals surface area contributed by atoms with E-state index in [2.05, 4.69) is 23.5 Å². The third-order valence-corrected chi connectivity index (χ3v) is 5.47. The maximum absolute atomic E-state index is 11.5. The van der Waals surface area contributed by atoms with Gasteiger partial charge in [-0.15, -0.1) is 0 Å². The van der Waals surface area contributed by atoms with Gasteiger partial charge in [0.05, 0.1) is 11.6 Å². The summed E-state index contributed by atoms with van der Waals surface area (Å²) in [7, 11) is 0. The van der Waals surface area contributed by atoms with Crippen LogP contribution in [0.5, 0.6) is 0 Å². The van der Waals surface area contributed by atoms with Gasteiger partial charge < -0.3 is 10.4 Å². The molecule has 0 radical (unpaired) electrons. The molecule has 0 amide bonds. The zero-order chi connectivity index (χ0) is 16.8. The zero-order valence-electron chi connectivity index (χ0n) is 13.3. The van der Waals surface area contributed by atoms with Crippen LogP contribution in [0.1, 0.15) is 45.4 Å². The first-order chi connectivity index (χ1) is 11.6. The number of anilines is 1. The number of carboxylic acid groups (broad SMARTS) is 1. The number of allylic oxidation sites excluding steroid dienone is 2. The van der Waals surface area contributed by atoms with Crippen molar-refractivity contribution in [2.45, 2.75) is 25.3 Å². The number of halogens is 1. The monoisotopic (exact) mass is 339 g/mol. The second-order valence-electron chi connectivity index (χ2n) is 6.54. The van der Waals surface area contributed by atoms with Crippen molar-refractivity contribution in [3.8, 4) is 0 Å². The molecule has 3 atom stereocenters. The van der Waals surface area contributed by atoms with E-state index in [1.165, 1.54) is 5.56 Å². The van der Waals surface area contributed by atoms with Gasteiger partial charge in [-0.25, -0.2) is 4.79 Å². The number of carboxylic acids is 1. The van der Waals surface area contributed by atoms with Crippen molar-refractivity contribution in [1.29, 1.82) is 0 Å². The average Bonchev–Trinajstić information content (AvgIpc) is 3.04. The van der Waals surface area contributed by atoms with Crippen LogP contribution in [0.3, 0.4) is 0 Å². The largest absolute Gasteiger partial charge is 0.478 e. The highest BCUT2D eigenvalue weighted by Crippen LogP contribution is 2.51. The summed E-state index contributed by atoms with van der Waals surface area (Å²) < 4.78 is 0. The average molecular weight is 340 g/mol. The van der Waals surface area contributed by atoms with Crippen molar-refractivity contribution in [1.82, 2.24) is 0 Å². The van der Waals surface area contributed by atoms with Crippen molar-refractivity contribution < 1.29 is 9.90 Å². The van der Waals surface area contributed by atoms with Gasteiger partial charge in [0.15, 0.2) is 0 Å². The predicted octanol–water partition coefficient (Wildman–Crippen LogP) is 5.17. The van der Waals surface area contributed by atoms with Crippen molar-refractivity contribution in [2.24, 2.45) is 5.92 Å². The topological polar surface area (TPSA) is 49.3 Å². The van der Waals surface area contributed by atoms with Gasteiger partial charge in [0.2, 0.25) is 0 Å². The van der Waals surface area contributed by atoms with E-state index in [0.29, 0.717) is 17.4 Å². The van der Waals surface area contributed by atoms with Crippen LogP contribution in [0.4, 0.5) is 5.69 Å². The van der Waals surface area contributed by atoms with Crippen LogP contribution in [0.25, 0.3) is 0 Å². The van der Waals surface area contributed by atoms with E-state index in [9.17, 15) is 9.90 Å². The highest BCUT2D eigenvalue weighted by atomic mass is 35.5. The van der Waals surface area contributed by atoms with E-state index < -0.39 is 5.97 Å². The Labute approximate surface area is 146 Å². The summed E-state index contributed by atoms with van der Waals surface area (Å²) in [6.07, 6.45) is 5.49. The normalized spacial score (nSPS) is 24.2. The Hall–Kier alpha value is -2.26. The molecular weight excluding hydrogens is 322 g/mol. The van der Waals surface area contributed by atoms with Gasteiger partial charge in [-0.05, 0) is 54.2 Å². The lowest BCUT2D eigenvalue weighted by molar-refractivity contribution is 0.0696. The number of fused-ring (bicyclic) bond motifs is 3. The van der Waals surface area contributed by atoms with Crippen molar-refractivity contribution in [2.75, 3.05) is 5.32 Å². The van der Waals surface area contributed by atoms with E-state index in [-0.39, 0.29) is 6.04 Å². The molecule has 1 heterocycles. The van der Waals surface area contributed by atoms with Gasteiger partial charge in [-0.3, -0.25) is 0 Å². The summed E-state index contributed by atoms with van der Waals surface area (Å²) in [5.74, 6) is -0.154. The molecule has 0 saturated heterocycles. The molecule has 0 fully saturated rings. The second-order valence-corrected chi connectivity index (χ2v) is 6.97. The first-order valence-corrected chi connectivity index (χ1v) is 8.49. The molecular formula is C20H18ClNO2. The van der Waals surface area contributed by atoms with Crippen LogP contribution in [-0.2, 0) is 0 Å². The zero-order valence-corrected chi connectivity index (χ0v) is 14.0. The highest BCUT2D eigenvalue weighted by molar-refractivity contribution is 6.30. The van der Waals surface area contributed by atoms with Crippen molar-refractivity contribution in [3.05, 3.63) is 75.8 Å². The van der Waals surface area contributed by atoms with Crippen molar-refractivity contribution in [3.63, 3.8) is 0 Å². The Bertz CT molecular complexity index is 859.